The molecule has 0 aliphatic carbocycles. The van der Waals surface area contributed by atoms with Gasteiger partial charge in [0.25, 0.3) is 0 Å². The predicted octanol–water partition coefficient (Wildman–Crippen LogP) is 4.40. The van der Waals surface area contributed by atoms with Gasteiger partial charge in [-0.15, -0.1) is 0 Å². The quantitative estimate of drug-likeness (QED) is 0.234. The molecule has 1 heterocycles. The molecule has 37 heavy (non-hydrogen) atoms. The van der Waals surface area contributed by atoms with Crippen molar-refractivity contribution in [3.63, 3.8) is 0 Å². The monoisotopic (exact) mass is 498 g/mol. The molecule has 1 amide bonds. The second-order valence-electron chi connectivity index (χ2n) is 8.67. The van der Waals surface area contributed by atoms with Crippen LogP contribution in [0, 0.1) is 0 Å². The maximum atomic E-state index is 12.2. The summed E-state index contributed by atoms with van der Waals surface area (Å²) in [5.74, 6) is -0.492. The Hall–Kier alpha value is -4.43. The Labute approximate surface area is 215 Å². The van der Waals surface area contributed by atoms with Crippen LogP contribution in [0.2, 0.25) is 0 Å². The first-order chi connectivity index (χ1) is 17.9. The minimum absolute atomic E-state index is 0.0361. The Morgan fingerprint density at radius 1 is 1.03 bits per heavy atom. The number of rotatable bonds is 9. The van der Waals surface area contributed by atoms with Crippen molar-refractivity contribution < 1.29 is 19.4 Å². The van der Waals surface area contributed by atoms with Crippen LogP contribution in [-0.4, -0.2) is 59.8 Å². The van der Waals surface area contributed by atoms with Crippen molar-refractivity contribution in [2.75, 3.05) is 27.2 Å². The molecule has 8 heteroatoms. The Morgan fingerprint density at radius 2 is 1.76 bits per heavy atom. The van der Waals surface area contributed by atoms with Crippen molar-refractivity contribution in [2.24, 2.45) is 4.99 Å². The van der Waals surface area contributed by atoms with Gasteiger partial charge in [0.1, 0.15) is 0 Å². The van der Waals surface area contributed by atoms with Gasteiger partial charge in [-0.1, -0.05) is 48.5 Å². The third-order valence-corrected chi connectivity index (χ3v) is 5.90. The van der Waals surface area contributed by atoms with Crippen molar-refractivity contribution in [1.29, 1.82) is 0 Å². The number of nitrogens with one attached hydrogen (secondary N) is 2. The fourth-order valence-corrected chi connectivity index (χ4v) is 4.12. The summed E-state index contributed by atoms with van der Waals surface area (Å²) in [4.78, 5) is 33.6. The Kier molecular flexibility index (Phi) is 8.00. The molecule has 0 saturated carbocycles. The van der Waals surface area contributed by atoms with E-state index < -0.39 is 5.97 Å². The molecule has 8 nitrogen and oxygen atoms in total. The predicted molar refractivity (Wildman–Crippen MR) is 145 cm³/mol. The molecule has 0 aliphatic heterocycles. The second-order valence-corrected chi connectivity index (χ2v) is 8.67. The number of amides is 1. The van der Waals surface area contributed by atoms with E-state index in [0.29, 0.717) is 41.1 Å². The first-order valence-corrected chi connectivity index (χ1v) is 12.0. The number of aliphatic imine (C=N–C) groups is 1. The topological polar surface area (TPSA) is 107 Å². The highest BCUT2D eigenvalue weighted by Crippen LogP contribution is 2.32. The summed E-state index contributed by atoms with van der Waals surface area (Å²) in [5.41, 5.74) is 4.75. The van der Waals surface area contributed by atoms with E-state index in [2.05, 4.69) is 10.3 Å². The standard InChI is InChI=1S/C29H30N4O4/c1-4-37-29(36)21-12-15-23-24(16-21)32-28(35)26(23)27(20-8-6-5-7-9-20)31-22-13-10-19(11-14-22)17-33(3)18-25(34)30-2/h5-16,32,35H,4,17-18H2,1-3H3,(H,30,34). The molecule has 4 rings (SSSR count). The molecule has 0 radical (unpaired) electrons. The van der Waals surface area contributed by atoms with Crippen LogP contribution < -0.4 is 5.32 Å². The summed E-state index contributed by atoms with van der Waals surface area (Å²) < 4.78 is 5.11. The van der Waals surface area contributed by atoms with E-state index in [1.165, 1.54) is 0 Å². The molecule has 190 valence electrons. The van der Waals surface area contributed by atoms with Crippen LogP contribution in [0.4, 0.5) is 5.69 Å². The molecule has 0 spiro atoms. The van der Waals surface area contributed by atoms with E-state index >= 15 is 0 Å². The van der Waals surface area contributed by atoms with Crippen molar-refractivity contribution in [3.8, 4) is 5.88 Å². The molecule has 0 bridgehead atoms. The highest BCUT2D eigenvalue weighted by atomic mass is 16.5. The molecule has 0 saturated heterocycles. The number of fused-ring (bicyclic) bond motifs is 1. The third kappa shape index (κ3) is 6.05. The zero-order chi connectivity index (χ0) is 26.4. The van der Waals surface area contributed by atoms with Gasteiger partial charge in [-0.3, -0.25) is 9.69 Å². The number of aromatic amines is 1. The summed E-state index contributed by atoms with van der Waals surface area (Å²) in [5, 5.41) is 14.3. The molecule has 3 aromatic carbocycles. The van der Waals surface area contributed by atoms with Crippen molar-refractivity contribution in [1.82, 2.24) is 15.2 Å². The summed E-state index contributed by atoms with van der Waals surface area (Å²) >= 11 is 0. The molecule has 0 unspecified atom stereocenters. The number of benzene rings is 3. The lowest BCUT2D eigenvalue weighted by Gasteiger charge is -2.15. The van der Waals surface area contributed by atoms with Gasteiger partial charge in [-0.2, -0.15) is 0 Å². The number of likely N-dealkylation sites (N-methyl/N-ethyl adjacent to an activating group) is 2. The lowest BCUT2D eigenvalue weighted by atomic mass is 10.00. The molecule has 0 aliphatic rings. The molecular weight excluding hydrogens is 468 g/mol. The first kappa shape index (κ1) is 25.7. The molecule has 0 fully saturated rings. The van der Waals surface area contributed by atoms with Crippen molar-refractivity contribution in [2.45, 2.75) is 13.5 Å². The van der Waals surface area contributed by atoms with Crippen LogP contribution >= 0.6 is 0 Å². The van der Waals surface area contributed by atoms with E-state index in [9.17, 15) is 14.7 Å². The lowest BCUT2D eigenvalue weighted by Crippen LogP contribution is -2.32. The van der Waals surface area contributed by atoms with Crippen molar-refractivity contribution in [3.05, 3.63) is 95.1 Å². The molecular formula is C29H30N4O4. The van der Waals surface area contributed by atoms with E-state index in [4.69, 9.17) is 9.73 Å². The number of ether oxygens (including phenoxy) is 1. The molecule has 1 aromatic heterocycles. The Bertz CT molecular complexity index is 1430. The van der Waals surface area contributed by atoms with E-state index in [0.717, 1.165) is 16.5 Å². The maximum Gasteiger partial charge on any atom is 0.338 e. The van der Waals surface area contributed by atoms with Crippen LogP contribution in [0.15, 0.2) is 77.8 Å². The number of esters is 1. The van der Waals surface area contributed by atoms with Gasteiger partial charge in [-0.05, 0) is 43.8 Å². The summed E-state index contributed by atoms with van der Waals surface area (Å²) in [6, 6.07) is 22.6. The third-order valence-electron chi connectivity index (χ3n) is 5.90. The number of hydrogen-bond acceptors (Lipinski definition) is 6. The van der Waals surface area contributed by atoms with Gasteiger partial charge >= 0.3 is 5.97 Å². The minimum atomic E-state index is -0.418. The van der Waals surface area contributed by atoms with Gasteiger partial charge in [0.05, 0.1) is 35.7 Å². The van der Waals surface area contributed by atoms with Crippen LogP contribution in [0.3, 0.4) is 0 Å². The average molecular weight is 499 g/mol. The van der Waals surface area contributed by atoms with Gasteiger partial charge in [0, 0.05) is 30.1 Å². The van der Waals surface area contributed by atoms with Crippen LogP contribution in [-0.2, 0) is 16.1 Å². The number of aromatic nitrogens is 1. The second kappa shape index (κ2) is 11.5. The number of carbonyl (C=O) groups is 2. The molecule has 3 N–H and O–H groups in total. The Balaban J connectivity index is 1.71. The fraction of sp³-hybridized carbons (Fsp3) is 0.207. The smallest absolute Gasteiger partial charge is 0.338 e. The van der Waals surface area contributed by atoms with Crippen LogP contribution in [0.25, 0.3) is 10.9 Å². The van der Waals surface area contributed by atoms with Crippen LogP contribution in [0.5, 0.6) is 5.88 Å². The lowest BCUT2D eigenvalue weighted by molar-refractivity contribution is -0.121. The average Bonchev–Trinajstić information content (AvgIpc) is 3.23. The number of hydrogen-bond donors (Lipinski definition) is 3. The number of nitrogens with zero attached hydrogens (tertiary/aromatic N) is 2. The Morgan fingerprint density at radius 3 is 2.43 bits per heavy atom. The van der Waals surface area contributed by atoms with Gasteiger partial charge < -0.3 is 20.1 Å². The number of H-pyrrole nitrogens is 1. The van der Waals surface area contributed by atoms with E-state index in [1.807, 2.05) is 66.5 Å². The molecule has 0 atom stereocenters. The van der Waals surface area contributed by atoms with Gasteiger partial charge in [0.2, 0.25) is 5.91 Å². The zero-order valence-electron chi connectivity index (χ0n) is 21.1. The summed E-state index contributed by atoms with van der Waals surface area (Å²) in [7, 11) is 3.51. The van der Waals surface area contributed by atoms with E-state index in [-0.39, 0.29) is 18.4 Å². The number of carbonyl (C=O) groups excluding carboxylic acids is 2. The minimum Gasteiger partial charge on any atom is -0.494 e. The van der Waals surface area contributed by atoms with Crippen molar-refractivity contribution >= 4 is 34.2 Å². The maximum absolute atomic E-state index is 12.2. The summed E-state index contributed by atoms with van der Waals surface area (Å²) in [6.45, 7) is 2.97. The SMILES string of the molecule is CCOC(=O)c1ccc2c(C(=Nc3ccc(CN(C)CC(=O)NC)cc3)c3ccccc3)c(O)[nH]c2c1. The fourth-order valence-electron chi connectivity index (χ4n) is 4.12. The molecule has 4 aromatic rings. The highest BCUT2D eigenvalue weighted by Gasteiger charge is 2.20. The van der Waals surface area contributed by atoms with Gasteiger partial charge in [-0.25, -0.2) is 9.79 Å². The van der Waals surface area contributed by atoms with E-state index in [1.54, 1.807) is 32.2 Å². The largest absolute Gasteiger partial charge is 0.494 e. The first-order valence-electron chi connectivity index (χ1n) is 12.0. The summed E-state index contributed by atoms with van der Waals surface area (Å²) in [6.07, 6.45) is 0. The zero-order valence-corrected chi connectivity index (χ0v) is 21.1. The number of aromatic hydroxyl groups is 1. The van der Waals surface area contributed by atoms with Gasteiger partial charge in [0.15, 0.2) is 5.88 Å². The van der Waals surface area contributed by atoms with Crippen LogP contribution in [0.1, 0.15) is 34.0 Å². The highest BCUT2D eigenvalue weighted by molar-refractivity contribution is 6.22. The normalized spacial score (nSPS) is 11.6.